The van der Waals surface area contributed by atoms with Gasteiger partial charge >= 0.3 is 5.63 Å². The number of rotatable bonds is 15. The van der Waals surface area contributed by atoms with E-state index < -0.39 is 0 Å². The van der Waals surface area contributed by atoms with E-state index in [4.69, 9.17) is 4.42 Å². The van der Waals surface area contributed by atoms with Crippen molar-refractivity contribution in [2.24, 2.45) is 0 Å². The van der Waals surface area contributed by atoms with Gasteiger partial charge in [-0.2, -0.15) is 0 Å². The molecule has 0 aromatic carbocycles. The van der Waals surface area contributed by atoms with Crippen molar-refractivity contribution < 1.29 is 14.3 Å². The van der Waals surface area contributed by atoms with Gasteiger partial charge in [-0.1, -0.05) is 58.3 Å². The molecule has 1 rings (SSSR count). The molecule has 1 aromatic rings. The first-order valence-electron chi connectivity index (χ1n) is 9.97. The van der Waals surface area contributed by atoms with Crippen molar-refractivity contribution in [2.75, 3.05) is 0 Å². The lowest BCUT2D eigenvalue weighted by Gasteiger charge is -2.06. The van der Waals surface area contributed by atoms with Crippen LogP contribution >= 0.6 is 0 Å². The molecule has 4 heteroatoms. The summed E-state index contributed by atoms with van der Waals surface area (Å²) in [5.41, 5.74) is 0.0153. The van der Waals surface area contributed by atoms with Crippen LogP contribution in [0.25, 0.3) is 0 Å². The highest BCUT2D eigenvalue weighted by Gasteiger charge is 2.11. The summed E-state index contributed by atoms with van der Waals surface area (Å²) >= 11 is 0. The number of aryl methyl sites for hydroxylation is 1. The molecule has 0 saturated heterocycles. The van der Waals surface area contributed by atoms with Crippen molar-refractivity contribution in [2.45, 2.75) is 96.8 Å². The predicted octanol–water partition coefficient (Wildman–Crippen LogP) is 5.33. The zero-order valence-electron chi connectivity index (χ0n) is 15.7. The van der Waals surface area contributed by atoms with Gasteiger partial charge in [0.15, 0.2) is 0 Å². The number of aromatic hydroxyl groups is 1. The van der Waals surface area contributed by atoms with Crippen LogP contribution in [0.15, 0.2) is 15.3 Å². The molecule has 0 aliphatic carbocycles. The van der Waals surface area contributed by atoms with Gasteiger partial charge in [0.25, 0.3) is 0 Å². The van der Waals surface area contributed by atoms with Gasteiger partial charge in [0.05, 0.1) is 5.56 Å². The highest BCUT2D eigenvalue weighted by molar-refractivity contribution is 5.48. The lowest BCUT2D eigenvalue weighted by Crippen LogP contribution is -2.09. The average molecular weight is 350 g/mol. The Morgan fingerprint density at radius 1 is 0.920 bits per heavy atom. The first-order chi connectivity index (χ1) is 12.2. The van der Waals surface area contributed by atoms with Crippen LogP contribution in [-0.4, -0.2) is 11.4 Å². The van der Waals surface area contributed by atoms with E-state index in [1.54, 1.807) is 6.07 Å². The summed E-state index contributed by atoms with van der Waals surface area (Å²) in [4.78, 5) is 22.3. The van der Waals surface area contributed by atoms with Crippen molar-refractivity contribution in [3.8, 4) is 5.75 Å². The second-order valence-electron chi connectivity index (χ2n) is 6.85. The van der Waals surface area contributed by atoms with E-state index in [9.17, 15) is 14.7 Å². The van der Waals surface area contributed by atoms with Gasteiger partial charge in [0, 0.05) is 18.9 Å². The Kier molecular flexibility index (Phi) is 11.7. The van der Waals surface area contributed by atoms with Crippen LogP contribution in [0.2, 0.25) is 0 Å². The van der Waals surface area contributed by atoms with Gasteiger partial charge in [0.1, 0.15) is 17.8 Å². The van der Waals surface area contributed by atoms with E-state index in [1.165, 1.54) is 25.7 Å². The highest BCUT2D eigenvalue weighted by Crippen LogP contribution is 2.19. The van der Waals surface area contributed by atoms with Crippen LogP contribution in [0.4, 0.5) is 0 Å². The molecule has 142 valence electrons. The minimum Gasteiger partial charge on any atom is -0.507 e. The maximum absolute atomic E-state index is 12.1. The summed E-state index contributed by atoms with van der Waals surface area (Å²) in [7, 11) is 0. The summed E-state index contributed by atoms with van der Waals surface area (Å²) < 4.78 is 5.37. The van der Waals surface area contributed by atoms with Crippen molar-refractivity contribution in [1.82, 2.24) is 0 Å². The first kappa shape index (κ1) is 21.5. The molecule has 0 aliphatic rings. The average Bonchev–Trinajstić information content (AvgIpc) is 2.59. The minimum absolute atomic E-state index is 0.0817. The molecule has 0 fully saturated rings. The minimum atomic E-state index is -0.387. The van der Waals surface area contributed by atoms with Crippen LogP contribution in [-0.2, 0) is 17.6 Å². The molecule has 0 saturated carbocycles. The number of unbranched alkanes of at least 4 members (excludes halogenated alkanes) is 10. The van der Waals surface area contributed by atoms with E-state index in [0.29, 0.717) is 30.6 Å². The molecule has 0 aliphatic heterocycles. The molecule has 0 spiro atoms. The summed E-state index contributed by atoms with van der Waals surface area (Å²) in [6, 6.07) is 1.62. The number of carbonyl (C=O) groups is 1. The van der Waals surface area contributed by atoms with Crippen molar-refractivity contribution in [3.63, 3.8) is 0 Å². The Labute approximate surface area is 151 Å². The lowest BCUT2D eigenvalue weighted by molar-refractivity contribution is -0.107. The SMILES string of the molecule is CCCCCCCCc1cc(O)c(CCCCCCCC=O)c(=O)o1. The standard InChI is InChI=1S/C21H34O4/c1-2-3-4-5-8-11-14-18-17-20(23)19(21(24)25-18)15-12-9-6-7-10-13-16-22/h16-17,23H,2-15H2,1H3. The van der Waals surface area contributed by atoms with Crippen LogP contribution in [0.5, 0.6) is 5.75 Å². The zero-order chi connectivity index (χ0) is 18.3. The molecule has 1 aromatic heterocycles. The van der Waals surface area contributed by atoms with Crippen LogP contribution in [0.1, 0.15) is 95.3 Å². The van der Waals surface area contributed by atoms with E-state index in [1.807, 2.05) is 0 Å². The molecule has 0 amide bonds. The summed E-state index contributed by atoms with van der Waals surface area (Å²) in [5.74, 6) is 0.675. The third-order valence-corrected chi connectivity index (χ3v) is 4.60. The maximum atomic E-state index is 12.1. The number of aldehydes is 1. The Morgan fingerprint density at radius 2 is 1.52 bits per heavy atom. The van der Waals surface area contributed by atoms with Gasteiger partial charge in [-0.15, -0.1) is 0 Å². The van der Waals surface area contributed by atoms with Crippen molar-refractivity contribution >= 4 is 6.29 Å². The fourth-order valence-electron chi connectivity index (χ4n) is 3.05. The summed E-state index contributed by atoms with van der Waals surface area (Å²) in [6.45, 7) is 2.20. The topological polar surface area (TPSA) is 67.5 Å². The Bertz CT molecular complexity index is 533. The molecule has 0 unspecified atom stereocenters. The van der Waals surface area contributed by atoms with Gasteiger partial charge in [-0.25, -0.2) is 4.79 Å². The summed E-state index contributed by atoms with van der Waals surface area (Å²) in [5, 5.41) is 10.1. The van der Waals surface area contributed by atoms with Gasteiger partial charge in [-0.3, -0.25) is 0 Å². The fourth-order valence-corrected chi connectivity index (χ4v) is 3.05. The Hall–Kier alpha value is -1.58. The predicted molar refractivity (Wildman–Crippen MR) is 101 cm³/mol. The molecule has 25 heavy (non-hydrogen) atoms. The van der Waals surface area contributed by atoms with Crippen molar-refractivity contribution in [1.29, 1.82) is 0 Å². The molecule has 0 radical (unpaired) electrons. The first-order valence-corrected chi connectivity index (χ1v) is 9.97. The second-order valence-corrected chi connectivity index (χ2v) is 6.85. The number of carbonyl (C=O) groups excluding carboxylic acids is 1. The number of hydrogen-bond donors (Lipinski definition) is 1. The molecule has 1 heterocycles. The molecular weight excluding hydrogens is 316 g/mol. The van der Waals surface area contributed by atoms with E-state index in [2.05, 4.69) is 6.92 Å². The van der Waals surface area contributed by atoms with Crippen molar-refractivity contribution in [3.05, 3.63) is 27.8 Å². The van der Waals surface area contributed by atoms with E-state index in [-0.39, 0.29) is 11.4 Å². The highest BCUT2D eigenvalue weighted by atomic mass is 16.4. The molecule has 4 nitrogen and oxygen atoms in total. The maximum Gasteiger partial charge on any atom is 0.342 e. The van der Waals surface area contributed by atoms with E-state index in [0.717, 1.165) is 51.2 Å². The third kappa shape index (κ3) is 9.47. The second kappa shape index (κ2) is 13.7. The molecule has 0 atom stereocenters. The van der Waals surface area contributed by atoms with Crippen LogP contribution in [0, 0.1) is 0 Å². The Balaban J connectivity index is 2.32. The fraction of sp³-hybridized carbons (Fsp3) is 0.714. The monoisotopic (exact) mass is 350 g/mol. The largest absolute Gasteiger partial charge is 0.507 e. The smallest absolute Gasteiger partial charge is 0.342 e. The molecule has 0 bridgehead atoms. The van der Waals surface area contributed by atoms with Gasteiger partial charge < -0.3 is 14.3 Å². The van der Waals surface area contributed by atoms with Crippen LogP contribution in [0.3, 0.4) is 0 Å². The van der Waals surface area contributed by atoms with E-state index >= 15 is 0 Å². The van der Waals surface area contributed by atoms with Gasteiger partial charge in [-0.05, 0) is 25.7 Å². The normalized spacial score (nSPS) is 10.9. The quantitative estimate of drug-likeness (QED) is 0.343. The molecular formula is C21H34O4. The zero-order valence-corrected chi connectivity index (χ0v) is 15.7. The lowest BCUT2D eigenvalue weighted by atomic mass is 10.0. The summed E-state index contributed by atoms with van der Waals surface area (Å²) in [6.07, 6.45) is 14.9. The van der Waals surface area contributed by atoms with Gasteiger partial charge in [0.2, 0.25) is 0 Å². The van der Waals surface area contributed by atoms with Crippen LogP contribution < -0.4 is 5.63 Å². The number of hydrogen-bond acceptors (Lipinski definition) is 4. The third-order valence-electron chi connectivity index (χ3n) is 4.60. The molecule has 1 N–H and O–H groups in total. The Morgan fingerprint density at radius 3 is 2.16 bits per heavy atom.